The van der Waals surface area contributed by atoms with E-state index < -0.39 is 0 Å². The summed E-state index contributed by atoms with van der Waals surface area (Å²) in [7, 11) is 2.17. The number of H-pyrrole nitrogens is 1. The molecule has 130 valence electrons. The van der Waals surface area contributed by atoms with Gasteiger partial charge in [-0.05, 0) is 64.7 Å². The minimum atomic E-state index is -0.299. The molecular weight excluding hydrogens is 306 g/mol. The van der Waals surface area contributed by atoms with Gasteiger partial charge in [-0.15, -0.1) is 0 Å². The van der Waals surface area contributed by atoms with Gasteiger partial charge in [-0.1, -0.05) is 5.16 Å². The van der Waals surface area contributed by atoms with E-state index >= 15 is 0 Å². The fourth-order valence-electron chi connectivity index (χ4n) is 3.35. The van der Waals surface area contributed by atoms with E-state index in [4.69, 9.17) is 4.52 Å². The summed E-state index contributed by atoms with van der Waals surface area (Å²) in [5, 5.41) is 4.13. The van der Waals surface area contributed by atoms with Crippen LogP contribution in [0, 0.1) is 19.8 Å². The molecule has 0 atom stereocenters. The maximum atomic E-state index is 11.3. The van der Waals surface area contributed by atoms with E-state index in [0.29, 0.717) is 18.2 Å². The molecule has 7 heteroatoms. The molecular formula is C17H25N5O2. The van der Waals surface area contributed by atoms with Gasteiger partial charge in [0, 0.05) is 24.2 Å². The fraction of sp³-hybridized carbons (Fsp3) is 0.647. The van der Waals surface area contributed by atoms with Crippen LogP contribution < -0.4 is 5.69 Å². The second-order valence-electron chi connectivity index (χ2n) is 6.79. The second kappa shape index (κ2) is 7.25. The van der Waals surface area contributed by atoms with Gasteiger partial charge in [-0.2, -0.15) is 9.97 Å². The fourth-order valence-corrected chi connectivity index (χ4v) is 3.35. The van der Waals surface area contributed by atoms with E-state index in [1.807, 2.05) is 13.8 Å². The van der Waals surface area contributed by atoms with Gasteiger partial charge < -0.3 is 14.4 Å². The molecule has 0 radical (unpaired) electrons. The van der Waals surface area contributed by atoms with Crippen molar-refractivity contribution in [2.45, 2.75) is 46.0 Å². The average molecular weight is 331 g/mol. The van der Waals surface area contributed by atoms with Gasteiger partial charge in [0.2, 0.25) is 5.89 Å². The molecule has 0 unspecified atom stereocenters. The predicted octanol–water partition coefficient (Wildman–Crippen LogP) is 1.44. The summed E-state index contributed by atoms with van der Waals surface area (Å²) in [5.74, 6) is 2.12. The first-order chi connectivity index (χ1) is 11.5. The molecule has 24 heavy (non-hydrogen) atoms. The number of likely N-dealkylation sites (tertiary alicyclic amines) is 1. The summed E-state index contributed by atoms with van der Waals surface area (Å²) in [6.07, 6.45) is 4.69. The third kappa shape index (κ3) is 4.08. The van der Waals surface area contributed by atoms with Crippen LogP contribution in [0.1, 0.15) is 41.5 Å². The molecule has 0 spiro atoms. The molecule has 3 rings (SSSR count). The Hall–Kier alpha value is -2.02. The molecule has 1 aliphatic rings. The Morgan fingerprint density at radius 1 is 1.21 bits per heavy atom. The molecule has 1 aliphatic heterocycles. The van der Waals surface area contributed by atoms with E-state index in [1.165, 1.54) is 12.8 Å². The molecule has 0 aromatic carbocycles. The van der Waals surface area contributed by atoms with Gasteiger partial charge in [-0.3, -0.25) is 0 Å². The van der Waals surface area contributed by atoms with Crippen LogP contribution in [0.5, 0.6) is 0 Å². The molecule has 3 heterocycles. The van der Waals surface area contributed by atoms with Crippen LogP contribution in [0.25, 0.3) is 0 Å². The maximum Gasteiger partial charge on any atom is 0.345 e. The average Bonchev–Trinajstić information content (AvgIpc) is 2.96. The normalized spacial score (nSPS) is 16.6. The van der Waals surface area contributed by atoms with Crippen LogP contribution in [0.3, 0.4) is 0 Å². The summed E-state index contributed by atoms with van der Waals surface area (Å²) in [6, 6.07) is 0. The van der Waals surface area contributed by atoms with Crippen LogP contribution in [0.15, 0.2) is 9.32 Å². The molecule has 0 bridgehead atoms. The molecule has 2 aromatic heterocycles. The van der Waals surface area contributed by atoms with E-state index in [-0.39, 0.29) is 5.69 Å². The predicted molar refractivity (Wildman–Crippen MR) is 90.0 cm³/mol. The second-order valence-corrected chi connectivity index (χ2v) is 6.79. The van der Waals surface area contributed by atoms with Crippen molar-refractivity contribution >= 4 is 0 Å². The lowest BCUT2D eigenvalue weighted by atomic mass is 9.94. The zero-order chi connectivity index (χ0) is 17.1. The largest absolute Gasteiger partial charge is 0.345 e. The van der Waals surface area contributed by atoms with Gasteiger partial charge in [-0.25, -0.2) is 4.79 Å². The summed E-state index contributed by atoms with van der Waals surface area (Å²) < 4.78 is 5.39. The third-order valence-electron chi connectivity index (χ3n) is 4.86. The topological polar surface area (TPSA) is 87.9 Å². The first-order valence-corrected chi connectivity index (χ1v) is 8.57. The summed E-state index contributed by atoms with van der Waals surface area (Å²) in [6.45, 7) is 6.04. The van der Waals surface area contributed by atoms with Crippen LogP contribution >= 0.6 is 0 Å². The van der Waals surface area contributed by atoms with E-state index in [0.717, 1.165) is 48.7 Å². The summed E-state index contributed by atoms with van der Waals surface area (Å²) in [4.78, 5) is 24.9. The lowest BCUT2D eigenvalue weighted by molar-refractivity contribution is 0.216. The zero-order valence-electron chi connectivity index (χ0n) is 14.6. The van der Waals surface area contributed by atoms with Crippen LogP contribution in [0.4, 0.5) is 0 Å². The van der Waals surface area contributed by atoms with Gasteiger partial charge in [0.25, 0.3) is 0 Å². The van der Waals surface area contributed by atoms with Crippen molar-refractivity contribution in [3.05, 3.63) is 39.2 Å². The molecule has 1 fully saturated rings. The number of aromatic nitrogens is 4. The quantitative estimate of drug-likeness (QED) is 0.892. The van der Waals surface area contributed by atoms with Crippen molar-refractivity contribution in [1.82, 2.24) is 25.0 Å². The highest BCUT2D eigenvalue weighted by Gasteiger charge is 2.19. The first-order valence-electron chi connectivity index (χ1n) is 8.57. The van der Waals surface area contributed by atoms with E-state index in [9.17, 15) is 4.79 Å². The molecule has 1 saturated heterocycles. The molecule has 7 nitrogen and oxygen atoms in total. The zero-order valence-corrected chi connectivity index (χ0v) is 14.6. The number of aromatic amines is 1. The lowest BCUT2D eigenvalue weighted by Crippen LogP contribution is -2.31. The van der Waals surface area contributed by atoms with Gasteiger partial charge in [0.15, 0.2) is 5.82 Å². The smallest absolute Gasteiger partial charge is 0.339 e. The van der Waals surface area contributed by atoms with Gasteiger partial charge in [0.1, 0.15) is 0 Å². The Bertz CT molecular complexity index is 717. The number of piperidine rings is 1. The van der Waals surface area contributed by atoms with Crippen LogP contribution in [-0.2, 0) is 19.3 Å². The molecule has 1 N–H and O–H groups in total. The Morgan fingerprint density at radius 2 is 1.96 bits per heavy atom. The Kier molecular flexibility index (Phi) is 5.08. The minimum absolute atomic E-state index is 0.299. The van der Waals surface area contributed by atoms with Gasteiger partial charge in [0.05, 0.1) is 0 Å². The highest BCUT2D eigenvalue weighted by atomic mass is 16.5. The molecule has 2 aromatic rings. The van der Waals surface area contributed by atoms with E-state index in [2.05, 4.69) is 32.1 Å². The lowest BCUT2D eigenvalue weighted by Gasteiger charge is -2.28. The Morgan fingerprint density at radius 3 is 2.67 bits per heavy atom. The van der Waals surface area contributed by atoms with E-state index in [1.54, 1.807) is 0 Å². The van der Waals surface area contributed by atoms with Crippen molar-refractivity contribution in [2.24, 2.45) is 5.92 Å². The Labute approximate surface area is 141 Å². The SMILES string of the molecule is Cc1nc(=O)[nH]c(C)c1CCc1nc(CC2CCN(C)CC2)no1. The van der Waals surface area contributed by atoms with Crippen LogP contribution in [-0.4, -0.2) is 45.1 Å². The molecule has 0 aliphatic carbocycles. The first kappa shape index (κ1) is 16.8. The number of hydrogen-bond acceptors (Lipinski definition) is 6. The molecule has 0 amide bonds. The number of nitrogens with zero attached hydrogens (tertiary/aromatic N) is 4. The third-order valence-corrected chi connectivity index (χ3v) is 4.86. The van der Waals surface area contributed by atoms with Crippen molar-refractivity contribution in [2.75, 3.05) is 20.1 Å². The summed E-state index contributed by atoms with van der Waals surface area (Å²) >= 11 is 0. The highest BCUT2D eigenvalue weighted by molar-refractivity contribution is 5.23. The molecule has 0 saturated carbocycles. The Balaban J connectivity index is 1.58. The highest BCUT2D eigenvalue weighted by Crippen LogP contribution is 2.20. The summed E-state index contributed by atoms with van der Waals surface area (Å²) in [5.41, 5.74) is 2.37. The van der Waals surface area contributed by atoms with Gasteiger partial charge >= 0.3 is 5.69 Å². The van der Waals surface area contributed by atoms with Crippen LogP contribution in [0.2, 0.25) is 0 Å². The van der Waals surface area contributed by atoms with Crippen molar-refractivity contribution in [3.8, 4) is 0 Å². The minimum Gasteiger partial charge on any atom is -0.339 e. The van der Waals surface area contributed by atoms with Crippen molar-refractivity contribution < 1.29 is 4.52 Å². The van der Waals surface area contributed by atoms with Crippen molar-refractivity contribution in [1.29, 1.82) is 0 Å². The monoisotopic (exact) mass is 331 g/mol. The van der Waals surface area contributed by atoms with Crippen molar-refractivity contribution in [3.63, 3.8) is 0 Å². The number of hydrogen-bond donors (Lipinski definition) is 1. The number of aryl methyl sites for hydroxylation is 3. The number of nitrogens with one attached hydrogen (secondary N) is 1. The standard InChI is InChI=1S/C17H25N5O2/c1-11-14(12(2)19-17(23)18-11)4-5-16-20-15(21-24-16)10-13-6-8-22(3)9-7-13/h13H,4-10H2,1-3H3,(H,18,19,23). The maximum absolute atomic E-state index is 11.3. The number of rotatable bonds is 5.